The van der Waals surface area contributed by atoms with Crippen LogP contribution in [0.5, 0.6) is 5.75 Å². The minimum Gasteiger partial charge on any atom is -0.482 e. The van der Waals surface area contributed by atoms with Gasteiger partial charge in [0.05, 0.1) is 23.4 Å². The first-order chi connectivity index (χ1) is 19.1. The summed E-state index contributed by atoms with van der Waals surface area (Å²) in [6.07, 6.45) is 6.22. The van der Waals surface area contributed by atoms with Crippen LogP contribution in [0.3, 0.4) is 0 Å². The molecule has 1 amide bonds. The maximum absolute atomic E-state index is 15.3. The number of carbonyl (C=O) groups excluding carboxylic acids is 1. The molecule has 11 nitrogen and oxygen atoms in total. The van der Waals surface area contributed by atoms with E-state index < -0.39 is 21.9 Å². The number of benzene rings is 1. The quantitative estimate of drug-likeness (QED) is 0.339. The molecule has 0 saturated heterocycles. The van der Waals surface area contributed by atoms with Crippen molar-refractivity contribution in [2.45, 2.75) is 30.2 Å². The third kappa shape index (κ3) is 4.28. The maximum atomic E-state index is 15.3. The molecule has 3 atom stereocenters. The van der Waals surface area contributed by atoms with Crippen LogP contribution < -0.4 is 15.8 Å². The number of oxazole rings is 1. The zero-order valence-corrected chi connectivity index (χ0v) is 22.5. The first-order valence-electron chi connectivity index (χ1n) is 12.3. The molecule has 3 aromatic heterocycles. The van der Waals surface area contributed by atoms with Gasteiger partial charge >= 0.3 is 0 Å². The lowest BCUT2D eigenvalue weighted by atomic mass is 9.85. The second kappa shape index (κ2) is 9.40. The van der Waals surface area contributed by atoms with Crippen LogP contribution in [0.4, 0.5) is 20.3 Å². The number of nitrogens with one attached hydrogen (secondary N) is 1. The average Bonchev–Trinajstić information content (AvgIpc) is 3.44. The number of amidine groups is 1. The second-order valence-corrected chi connectivity index (χ2v) is 11.3. The number of fused-ring (bicyclic) bond motifs is 2. The number of pyridine rings is 1. The van der Waals surface area contributed by atoms with Gasteiger partial charge in [0.1, 0.15) is 28.6 Å². The van der Waals surface area contributed by atoms with Gasteiger partial charge in [-0.1, -0.05) is 11.8 Å². The van der Waals surface area contributed by atoms with Crippen molar-refractivity contribution in [3.8, 4) is 5.75 Å². The van der Waals surface area contributed by atoms with E-state index in [2.05, 4.69) is 30.2 Å². The number of nitrogens with zero attached hydrogens (tertiary/aromatic N) is 6. The van der Waals surface area contributed by atoms with Crippen LogP contribution in [-0.4, -0.2) is 54.8 Å². The van der Waals surface area contributed by atoms with Crippen molar-refractivity contribution < 1.29 is 22.7 Å². The molecule has 0 unspecified atom stereocenters. The fourth-order valence-corrected chi connectivity index (χ4v) is 6.66. The number of hydrogen-bond acceptors (Lipinski definition) is 11. The zero-order chi connectivity index (χ0) is 28.2. The van der Waals surface area contributed by atoms with E-state index in [1.54, 1.807) is 27.1 Å². The fourth-order valence-electron chi connectivity index (χ4n) is 5.16. The third-order valence-corrected chi connectivity index (χ3v) is 8.41. The highest BCUT2D eigenvalue weighted by molar-refractivity contribution is 8.15. The van der Waals surface area contributed by atoms with Crippen molar-refractivity contribution in [1.82, 2.24) is 24.8 Å². The van der Waals surface area contributed by atoms with Crippen LogP contribution in [0.15, 0.2) is 52.6 Å². The molecule has 2 aliphatic rings. The topological polar surface area (TPSA) is 145 Å². The van der Waals surface area contributed by atoms with Gasteiger partial charge in [0.15, 0.2) is 29.2 Å². The first-order valence-corrected chi connectivity index (χ1v) is 13.1. The summed E-state index contributed by atoms with van der Waals surface area (Å²) in [6, 6.07) is 4.16. The smallest absolute Gasteiger partial charge is 0.239 e. The van der Waals surface area contributed by atoms with Crippen molar-refractivity contribution >= 4 is 45.4 Å². The molecule has 3 N–H and O–H groups in total. The molecule has 4 heterocycles. The number of carbonyl (C=O) groups is 1. The van der Waals surface area contributed by atoms with Crippen molar-refractivity contribution in [3.05, 3.63) is 66.3 Å². The molecular weight excluding hydrogens is 542 g/mol. The normalized spacial score (nSPS) is 23.3. The summed E-state index contributed by atoms with van der Waals surface area (Å²) in [7, 11) is 3.31. The predicted octanol–water partition coefficient (Wildman–Crippen LogP) is 3.74. The van der Waals surface area contributed by atoms with Gasteiger partial charge in [-0.2, -0.15) is 0 Å². The van der Waals surface area contributed by atoms with Crippen molar-refractivity contribution in [1.29, 1.82) is 0 Å². The molecule has 0 spiro atoms. The summed E-state index contributed by atoms with van der Waals surface area (Å²) in [5.74, 6) is -1.51. The van der Waals surface area contributed by atoms with E-state index in [4.69, 9.17) is 14.9 Å². The Morgan fingerprint density at radius 3 is 2.83 bits per heavy atom. The van der Waals surface area contributed by atoms with E-state index in [9.17, 15) is 4.79 Å². The standard InChI is InChI=1S/C26H24F2N8O3S/c1-25(18-9-26(18,23(37)36(2)3)40-24(29)35-25)15-6-13(7-16(27)20(15)28)34-22-21-17(32-12-33-22)8-14(10-31-21)39-11-19-30-4-5-38-19/h4-8,10,12,18H,9,11H2,1-3H3,(H2,29,35)(H,32,33,34)/t18-,25+,26-/m0/s1. The molecule has 1 saturated carbocycles. The molecule has 1 aliphatic heterocycles. The van der Waals surface area contributed by atoms with Crippen molar-refractivity contribution in [3.63, 3.8) is 0 Å². The van der Waals surface area contributed by atoms with Crippen LogP contribution in [0.1, 0.15) is 24.8 Å². The lowest BCUT2D eigenvalue weighted by Gasteiger charge is -2.34. The van der Waals surface area contributed by atoms with Crippen molar-refractivity contribution in [2.24, 2.45) is 16.6 Å². The number of anilines is 2. The van der Waals surface area contributed by atoms with E-state index in [0.29, 0.717) is 29.1 Å². The number of nitrogens with two attached hydrogens (primary N) is 1. The SMILES string of the molecule is CN(C)C(=O)[C@]12C[C@H]1[C@@](C)(c1cc(Nc3ncnc4cc(OCc5ncco5)cnc34)cc(F)c1F)N=C(N)S2. The first kappa shape index (κ1) is 25.9. The van der Waals surface area contributed by atoms with Gasteiger partial charge in [-0.25, -0.2) is 28.7 Å². The Balaban J connectivity index is 1.32. The van der Waals surface area contributed by atoms with Gasteiger partial charge in [0.2, 0.25) is 11.8 Å². The number of ether oxygens (including phenoxy) is 1. The number of hydrogen-bond donors (Lipinski definition) is 2. The zero-order valence-electron chi connectivity index (χ0n) is 21.7. The lowest BCUT2D eigenvalue weighted by Crippen LogP contribution is -2.43. The number of amides is 1. The van der Waals surface area contributed by atoms with Crippen LogP contribution in [0.25, 0.3) is 11.0 Å². The summed E-state index contributed by atoms with van der Waals surface area (Å²) in [4.78, 5) is 35.9. The van der Waals surface area contributed by atoms with Crippen molar-refractivity contribution in [2.75, 3.05) is 19.4 Å². The summed E-state index contributed by atoms with van der Waals surface area (Å²) < 4.78 is 40.3. The minimum absolute atomic E-state index is 0.00905. The van der Waals surface area contributed by atoms with Gasteiger partial charge in [-0.15, -0.1) is 0 Å². The van der Waals surface area contributed by atoms with Gasteiger partial charge in [-0.3, -0.25) is 9.79 Å². The van der Waals surface area contributed by atoms with Crippen LogP contribution >= 0.6 is 11.8 Å². The number of aromatic nitrogens is 4. The van der Waals surface area contributed by atoms with Crippen LogP contribution in [0.2, 0.25) is 0 Å². The fraction of sp³-hybridized carbons (Fsp3) is 0.308. The maximum Gasteiger partial charge on any atom is 0.239 e. The lowest BCUT2D eigenvalue weighted by molar-refractivity contribution is -0.129. The Morgan fingerprint density at radius 2 is 2.08 bits per heavy atom. The molecular formula is C26H24F2N8O3S. The van der Waals surface area contributed by atoms with Crippen LogP contribution in [0, 0.1) is 17.6 Å². The van der Waals surface area contributed by atoms with E-state index in [1.807, 2.05) is 0 Å². The Morgan fingerprint density at radius 1 is 1.25 bits per heavy atom. The summed E-state index contributed by atoms with van der Waals surface area (Å²) >= 11 is 1.18. The molecule has 0 bridgehead atoms. The summed E-state index contributed by atoms with van der Waals surface area (Å²) in [5, 5.41) is 3.18. The molecule has 206 valence electrons. The number of halogens is 2. The highest BCUT2D eigenvalue weighted by Gasteiger charge is 2.71. The third-order valence-electron chi connectivity index (χ3n) is 7.12. The molecule has 14 heteroatoms. The molecule has 40 heavy (non-hydrogen) atoms. The van der Waals surface area contributed by atoms with E-state index in [0.717, 1.165) is 6.07 Å². The number of rotatable bonds is 7. The largest absolute Gasteiger partial charge is 0.482 e. The number of aliphatic imine (C=N–C) groups is 1. The predicted molar refractivity (Wildman–Crippen MR) is 144 cm³/mol. The molecule has 1 fully saturated rings. The van der Waals surface area contributed by atoms with E-state index in [1.165, 1.54) is 47.7 Å². The Labute approximate surface area is 231 Å². The Bertz CT molecular complexity index is 1670. The molecule has 4 aromatic rings. The summed E-state index contributed by atoms with van der Waals surface area (Å²) in [6.45, 7) is 1.79. The van der Waals surface area contributed by atoms with Gasteiger partial charge < -0.3 is 25.1 Å². The van der Waals surface area contributed by atoms with Gasteiger partial charge in [-0.05, 0) is 19.4 Å². The molecule has 0 radical (unpaired) electrons. The summed E-state index contributed by atoms with van der Waals surface area (Å²) in [5.41, 5.74) is 5.93. The van der Waals surface area contributed by atoms with E-state index >= 15 is 8.78 Å². The van der Waals surface area contributed by atoms with E-state index in [-0.39, 0.29) is 40.7 Å². The molecule has 1 aliphatic carbocycles. The molecule has 6 rings (SSSR count). The Hall–Kier alpha value is -4.33. The van der Waals surface area contributed by atoms with Gasteiger partial charge in [0.25, 0.3) is 0 Å². The number of thioether (sulfide) groups is 1. The highest BCUT2D eigenvalue weighted by Crippen LogP contribution is 2.66. The Kier molecular flexibility index (Phi) is 6.09. The monoisotopic (exact) mass is 566 g/mol. The average molecular weight is 567 g/mol. The second-order valence-electron chi connectivity index (χ2n) is 9.97. The minimum atomic E-state index is -1.26. The molecule has 1 aromatic carbocycles. The highest BCUT2D eigenvalue weighted by atomic mass is 32.2. The van der Waals surface area contributed by atoms with Crippen LogP contribution in [-0.2, 0) is 16.9 Å². The van der Waals surface area contributed by atoms with Gasteiger partial charge in [0, 0.05) is 43.4 Å².